The Bertz CT molecular complexity index is 504. The summed E-state index contributed by atoms with van der Waals surface area (Å²) >= 11 is 0. The van der Waals surface area contributed by atoms with Crippen molar-refractivity contribution in [1.29, 1.82) is 0 Å². The molecular weight excluding hydrogens is 268 g/mol. The number of para-hydroxylation sites is 2. The molecular formula is C15H22N4O2. The third-order valence-corrected chi connectivity index (χ3v) is 3.29. The third kappa shape index (κ3) is 4.37. The van der Waals surface area contributed by atoms with Gasteiger partial charge < -0.3 is 15.5 Å². The first-order chi connectivity index (χ1) is 10.2. The average molecular weight is 290 g/mol. The number of nitrogens with one attached hydrogen (secondary N) is 3. The predicted molar refractivity (Wildman–Crippen MR) is 83.6 cm³/mol. The number of hydrogen-bond acceptors (Lipinski definition) is 4. The van der Waals surface area contributed by atoms with Gasteiger partial charge in [0, 0.05) is 19.6 Å². The molecule has 1 aliphatic rings. The fraction of sp³-hybridized carbons (Fsp3) is 0.467. The molecule has 1 aromatic carbocycles. The summed E-state index contributed by atoms with van der Waals surface area (Å²) in [5.74, 6) is -0.291. The van der Waals surface area contributed by atoms with E-state index in [9.17, 15) is 9.59 Å². The largest absolute Gasteiger partial charge is 0.383 e. The zero-order chi connectivity index (χ0) is 15.1. The summed E-state index contributed by atoms with van der Waals surface area (Å²) in [6.45, 7) is 4.37. The zero-order valence-corrected chi connectivity index (χ0v) is 12.3. The SMILES string of the molecule is CCCNC(=O)NC(=O)CN1CCCNc2ccccc21. The lowest BCUT2D eigenvalue weighted by Gasteiger charge is -2.23. The minimum Gasteiger partial charge on any atom is -0.383 e. The highest BCUT2D eigenvalue weighted by atomic mass is 16.2. The predicted octanol–water partition coefficient (Wildman–Crippen LogP) is 1.54. The maximum Gasteiger partial charge on any atom is 0.321 e. The van der Waals surface area contributed by atoms with Crippen molar-refractivity contribution in [1.82, 2.24) is 10.6 Å². The molecule has 0 aromatic heterocycles. The Labute approximate surface area is 124 Å². The van der Waals surface area contributed by atoms with Gasteiger partial charge in [0.1, 0.15) is 0 Å². The Morgan fingerprint density at radius 3 is 2.95 bits per heavy atom. The highest BCUT2D eigenvalue weighted by Crippen LogP contribution is 2.27. The maximum atomic E-state index is 12.0. The van der Waals surface area contributed by atoms with Gasteiger partial charge in [-0.15, -0.1) is 0 Å². The van der Waals surface area contributed by atoms with E-state index in [4.69, 9.17) is 0 Å². The molecule has 3 amide bonds. The average Bonchev–Trinajstić information content (AvgIpc) is 2.68. The van der Waals surface area contributed by atoms with Crippen LogP contribution in [0.1, 0.15) is 19.8 Å². The second-order valence-electron chi connectivity index (χ2n) is 5.02. The summed E-state index contributed by atoms with van der Waals surface area (Å²) in [7, 11) is 0. The zero-order valence-electron chi connectivity index (χ0n) is 12.3. The number of hydrogen-bond donors (Lipinski definition) is 3. The van der Waals surface area contributed by atoms with E-state index >= 15 is 0 Å². The number of imide groups is 1. The lowest BCUT2D eigenvalue weighted by molar-refractivity contribution is -0.118. The van der Waals surface area contributed by atoms with Gasteiger partial charge in [-0.2, -0.15) is 0 Å². The molecule has 21 heavy (non-hydrogen) atoms. The van der Waals surface area contributed by atoms with Crippen LogP contribution in [0.2, 0.25) is 0 Å². The fourth-order valence-electron chi connectivity index (χ4n) is 2.30. The first-order valence-electron chi connectivity index (χ1n) is 7.36. The molecule has 0 saturated heterocycles. The van der Waals surface area contributed by atoms with Crippen molar-refractivity contribution < 1.29 is 9.59 Å². The van der Waals surface area contributed by atoms with Crippen LogP contribution < -0.4 is 20.9 Å². The van der Waals surface area contributed by atoms with Crippen LogP contribution in [0.5, 0.6) is 0 Å². The number of carbonyl (C=O) groups is 2. The molecule has 0 unspecified atom stereocenters. The number of anilines is 2. The summed E-state index contributed by atoms with van der Waals surface area (Å²) < 4.78 is 0. The number of urea groups is 1. The van der Waals surface area contributed by atoms with E-state index in [-0.39, 0.29) is 12.5 Å². The lowest BCUT2D eigenvalue weighted by Crippen LogP contribution is -2.45. The molecule has 3 N–H and O–H groups in total. The second-order valence-corrected chi connectivity index (χ2v) is 5.02. The van der Waals surface area contributed by atoms with Gasteiger partial charge in [0.05, 0.1) is 17.9 Å². The van der Waals surface area contributed by atoms with Crippen molar-refractivity contribution in [3.8, 4) is 0 Å². The number of fused-ring (bicyclic) bond motifs is 1. The Kier molecular flexibility index (Phi) is 5.43. The van der Waals surface area contributed by atoms with Crippen molar-refractivity contribution in [2.24, 2.45) is 0 Å². The van der Waals surface area contributed by atoms with E-state index in [1.807, 2.05) is 36.1 Å². The van der Waals surface area contributed by atoms with Gasteiger partial charge in [0.2, 0.25) is 5.91 Å². The van der Waals surface area contributed by atoms with Crippen LogP contribution in [0.3, 0.4) is 0 Å². The van der Waals surface area contributed by atoms with E-state index < -0.39 is 6.03 Å². The Hall–Kier alpha value is -2.24. The minimum atomic E-state index is -0.428. The van der Waals surface area contributed by atoms with E-state index in [0.717, 1.165) is 37.3 Å². The molecule has 1 heterocycles. The van der Waals surface area contributed by atoms with E-state index in [0.29, 0.717) is 6.54 Å². The van der Waals surface area contributed by atoms with Crippen molar-refractivity contribution in [2.45, 2.75) is 19.8 Å². The second kappa shape index (κ2) is 7.52. The topological polar surface area (TPSA) is 73.5 Å². The maximum absolute atomic E-state index is 12.0. The molecule has 1 aromatic rings. The van der Waals surface area contributed by atoms with E-state index in [2.05, 4.69) is 16.0 Å². The minimum absolute atomic E-state index is 0.179. The monoisotopic (exact) mass is 290 g/mol. The number of carbonyl (C=O) groups excluding carboxylic acids is 2. The van der Waals surface area contributed by atoms with Gasteiger partial charge in [0.15, 0.2) is 0 Å². The van der Waals surface area contributed by atoms with E-state index in [1.54, 1.807) is 0 Å². The summed E-state index contributed by atoms with van der Waals surface area (Å²) in [4.78, 5) is 25.5. The van der Waals surface area contributed by atoms with Crippen LogP contribution in [0, 0.1) is 0 Å². The first kappa shape index (κ1) is 15.2. The first-order valence-corrected chi connectivity index (χ1v) is 7.36. The van der Waals surface area contributed by atoms with Gasteiger partial charge in [-0.1, -0.05) is 19.1 Å². The molecule has 0 bridgehead atoms. The molecule has 114 valence electrons. The molecule has 6 heteroatoms. The lowest BCUT2D eigenvalue weighted by atomic mass is 10.2. The van der Waals surface area contributed by atoms with Crippen LogP contribution in [-0.2, 0) is 4.79 Å². The van der Waals surface area contributed by atoms with Crippen molar-refractivity contribution in [2.75, 3.05) is 36.4 Å². The van der Waals surface area contributed by atoms with Gasteiger partial charge >= 0.3 is 6.03 Å². The van der Waals surface area contributed by atoms with Gasteiger partial charge in [-0.05, 0) is 25.0 Å². The number of rotatable bonds is 4. The van der Waals surface area contributed by atoms with Crippen LogP contribution >= 0.6 is 0 Å². The Balaban J connectivity index is 1.96. The normalized spacial score (nSPS) is 13.7. The summed E-state index contributed by atoms with van der Waals surface area (Å²) in [5, 5.41) is 8.34. The van der Waals surface area contributed by atoms with E-state index in [1.165, 1.54) is 0 Å². The van der Waals surface area contributed by atoms with Gasteiger partial charge in [-0.3, -0.25) is 10.1 Å². The highest BCUT2D eigenvalue weighted by molar-refractivity contribution is 5.96. The van der Waals surface area contributed by atoms with Crippen molar-refractivity contribution in [3.63, 3.8) is 0 Å². The molecule has 0 spiro atoms. The summed E-state index contributed by atoms with van der Waals surface area (Å²) in [6, 6.07) is 7.47. The van der Waals surface area contributed by atoms with Crippen LogP contribution in [0.4, 0.5) is 16.2 Å². The molecule has 2 rings (SSSR count). The molecule has 0 atom stereocenters. The van der Waals surface area contributed by atoms with Gasteiger partial charge in [0.25, 0.3) is 0 Å². The molecule has 0 radical (unpaired) electrons. The number of nitrogens with zero attached hydrogens (tertiary/aromatic N) is 1. The smallest absolute Gasteiger partial charge is 0.321 e. The van der Waals surface area contributed by atoms with Crippen LogP contribution in [-0.4, -0.2) is 38.1 Å². The highest BCUT2D eigenvalue weighted by Gasteiger charge is 2.18. The van der Waals surface area contributed by atoms with Crippen LogP contribution in [0.25, 0.3) is 0 Å². The van der Waals surface area contributed by atoms with Crippen LogP contribution in [0.15, 0.2) is 24.3 Å². The summed E-state index contributed by atoms with van der Waals surface area (Å²) in [6.07, 6.45) is 1.79. The van der Waals surface area contributed by atoms with Crippen molar-refractivity contribution in [3.05, 3.63) is 24.3 Å². The summed E-state index contributed by atoms with van der Waals surface area (Å²) in [5.41, 5.74) is 2.03. The third-order valence-electron chi connectivity index (χ3n) is 3.29. The molecule has 0 saturated carbocycles. The molecule has 0 aliphatic carbocycles. The molecule has 1 aliphatic heterocycles. The molecule has 6 nitrogen and oxygen atoms in total. The standard InChI is InChI=1S/C15H22N4O2/c1-2-8-17-15(21)18-14(20)11-19-10-5-9-16-12-6-3-4-7-13(12)19/h3-4,6-7,16H,2,5,8-11H2,1H3,(H2,17,18,20,21). The fourth-order valence-corrected chi connectivity index (χ4v) is 2.30. The molecule has 0 fully saturated rings. The number of amides is 3. The number of benzene rings is 1. The Morgan fingerprint density at radius 1 is 1.33 bits per heavy atom. The quantitative estimate of drug-likeness (QED) is 0.786. The van der Waals surface area contributed by atoms with Gasteiger partial charge in [-0.25, -0.2) is 4.79 Å². The Morgan fingerprint density at radius 2 is 2.14 bits per heavy atom. The van der Waals surface area contributed by atoms with Crippen molar-refractivity contribution >= 4 is 23.3 Å².